The van der Waals surface area contributed by atoms with Crippen molar-refractivity contribution in [2.75, 3.05) is 0 Å². The van der Waals surface area contributed by atoms with Crippen LogP contribution in [0.2, 0.25) is 5.02 Å². The minimum Gasteiger partial charge on any atom is -0.455 e. The molecular weight excluding hydrogens is 265 g/mol. The van der Waals surface area contributed by atoms with Crippen molar-refractivity contribution in [2.24, 2.45) is 5.73 Å². The fourth-order valence-corrected chi connectivity index (χ4v) is 2.05. The van der Waals surface area contributed by atoms with Crippen LogP contribution in [0, 0.1) is 12.7 Å². The molecule has 0 aromatic heterocycles. The summed E-state index contributed by atoms with van der Waals surface area (Å²) < 4.78 is 19.0. The van der Waals surface area contributed by atoms with E-state index < -0.39 is 0 Å². The molecule has 2 aromatic rings. The molecule has 4 heteroatoms. The standard InChI is InChI=1S/C15H15ClFNO/c1-9-3-5-15(13(16)7-9)19-14-6-4-11(17)8-12(14)10(2)18/h3-8,10H,18H2,1-2H3. The van der Waals surface area contributed by atoms with E-state index in [4.69, 9.17) is 22.1 Å². The molecule has 100 valence electrons. The summed E-state index contributed by atoms with van der Waals surface area (Å²) in [5.74, 6) is 0.706. The van der Waals surface area contributed by atoms with Crippen LogP contribution in [0.25, 0.3) is 0 Å². The quantitative estimate of drug-likeness (QED) is 0.891. The summed E-state index contributed by atoms with van der Waals surface area (Å²) >= 11 is 6.11. The van der Waals surface area contributed by atoms with Crippen LogP contribution in [0.4, 0.5) is 4.39 Å². The normalized spacial score (nSPS) is 12.3. The first-order valence-corrected chi connectivity index (χ1v) is 6.34. The molecule has 0 bridgehead atoms. The number of nitrogens with two attached hydrogens (primary N) is 1. The van der Waals surface area contributed by atoms with Crippen molar-refractivity contribution in [3.05, 3.63) is 58.4 Å². The van der Waals surface area contributed by atoms with E-state index in [0.717, 1.165) is 5.56 Å². The number of ether oxygens (including phenoxy) is 1. The minimum atomic E-state index is -0.338. The van der Waals surface area contributed by atoms with Gasteiger partial charge < -0.3 is 10.5 Å². The van der Waals surface area contributed by atoms with Gasteiger partial charge in [-0.05, 0) is 49.7 Å². The molecule has 0 heterocycles. The van der Waals surface area contributed by atoms with Crippen molar-refractivity contribution in [3.8, 4) is 11.5 Å². The maximum absolute atomic E-state index is 13.2. The van der Waals surface area contributed by atoms with Crippen molar-refractivity contribution < 1.29 is 9.13 Å². The van der Waals surface area contributed by atoms with Crippen LogP contribution in [0.1, 0.15) is 24.1 Å². The van der Waals surface area contributed by atoms with Gasteiger partial charge in [0.1, 0.15) is 17.3 Å². The molecule has 2 rings (SSSR count). The van der Waals surface area contributed by atoms with Crippen LogP contribution < -0.4 is 10.5 Å². The number of hydrogen-bond donors (Lipinski definition) is 1. The van der Waals surface area contributed by atoms with Crippen molar-refractivity contribution in [1.29, 1.82) is 0 Å². The van der Waals surface area contributed by atoms with Gasteiger partial charge in [0.25, 0.3) is 0 Å². The summed E-state index contributed by atoms with van der Waals surface area (Å²) in [6.07, 6.45) is 0. The van der Waals surface area contributed by atoms with E-state index in [-0.39, 0.29) is 11.9 Å². The number of hydrogen-bond acceptors (Lipinski definition) is 2. The Morgan fingerprint density at radius 1 is 1.16 bits per heavy atom. The number of rotatable bonds is 3. The molecule has 2 N–H and O–H groups in total. The van der Waals surface area contributed by atoms with Gasteiger partial charge in [0.05, 0.1) is 5.02 Å². The van der Waals surface area contributed by atoms with Gasteiger partial charge in [0.2, 0.25) is 0 Å². The molecule has 0 aliphatic heterocycles. The second-order valence-corrected chi connectivity index (χ2v) is 4.91. The Kier molecular flexibility index (Phi) is 4.08. The summed E-state index contributed by atoms with van der Waals surface area (Å²) in [7, 11) is 0. The molecule has 2 nitrogen and oxygen atoms in total. The number of aryl methyl sites for hydroxylation is 1. The van der Waals surface area contributed by atoms with Crippen LogP contribution >= 0.6 is 11.6 Å². The van der Waals surface area contributed by atoms with Crippen LogP contribution in [-0.2, 0) is 0 Å². The summed E-state index contributed by atoms with van der Waals surface area (Å²) in [4.78, 5) is 0. The molecular formula is C15H15ClFNO. The van der Waals surface area contributed by atoms with Gasteiger partial charge in [-0.3, -0.25) is 0 Å². The zero-order valence-corrected chi connectivity index (χ0v) is 11.5. The fraction of sp³-hybridized carbons (Fsp3) is 0.200. The summed E-state index contributed by atoms with van der Waals surface area (Å²) in [5, 5.41) is 0.514. The molecule has 0 radical (unpaired) electrons. The second kappa shape index (κ2) is 5.59. The highest BCUT2D eigenvalue weighted by atomic mass is 35.5. The van der Waals surface area contributed by atoms with Crippen molar-refractivity contribution in [1.82, 2.24) is 0 Å². The minimum absolute atomic E-state index is 0.324. The number of benzene rings is 2. The van der Waals surface area contributed by atoms with Crippen molar-refractivity contribution >= 4 is 11.6 Å². The molecule has 0 spiro atoms. The molecule has 0 aliphatic rings. The lowest BCUT2D eigenvalue weighted by molar-refractivity contribution is 0.469. The topological polar surface area (TPSA) is 35.2 Å². The lowest BCUT2D eigenvalue weighted by atomic mass is 10.1. The zero-order chi connectivity index (χ0) is 14.0. The fourth-order valence-electron chi connectivity index (χ4n) is 1.78. The van der Waals surface area contributed by atoms with E-state index in [9.17, 15) is 4.39 Å². The van der Waals surface area contributed by atoms with Crippen LogP contribution in [0.5, 0.6) is 11.5 Å². The summed E-state index contributed by atoms with van der Waals surface area (Å²) in [6.45, 7) is 3.72. The molecule has 1 unspecified atom stereocenters. The Bertz CT molecular complexity index is 599. The lowest BCUT2D eigenvalue weighted by Crippen LogP contribution is -2.07. The van der Waals surface area contributed by atoms with Crippen molar-refractivity contribution in [3.63, 3.8) is 0 Å². The maximum atomic E-state index is 13.2. The van der Waals surface area contributed by atoms with Gasteiger partial charge in [-0.2, -0.15) is 0 Å². The van der Waals surface area contributed by atoms with E-state index in [1.807, 2.05) is 19.1 Å². The average molecular weight is 280 g/mol. The third-order valence-corrected chi connectivity index (χ3v) is 3.07. The van der Waals surface area contributed by atoms with Crippen molar-refractivity contribution in [2.45, 2.75) is 19.9 Å². The zero-order valence-electron chi connectivity index (χ0n) is 10.8. The Morgan fingerprint density at radius 3 is 2.47 bits per heavy atom. The summed E-state index contributed by atoms with van der Waals surface area (Å²) in [5.41, 5.74) is 7.47. The van der Waals surface area contributed by atoms with Gasteiger partial charge in [0.15, 0.2) is 0 Å². The largest absolute Gasteiger partial charge is 0.455 e. The predicted molar refractivity (Wildman–Crippen MR) is 75.3 cm³/mol. The van der Waals surface area contributed by atoms with Gasteiger partial charge in [0, 0.05) is 11.6 Å². The van der Waals surface area contributed by atoms with Crippen LogP contribution in [-0.4, -0.2) is 0 Å². The number of halogens is 2. The van der Waals surface area contributed by atoms with E-state index >= 15 is 0 Å². The van der Waals surface area contributed by atoms with E-state index in [1.165, 1.54) is 12.1 Å². The Hall–Kier alpha value is -1.58. The van der Waals surface area contributed by atoms with Gasteiger partial charge in [-0.25, -0.2) is 4.39 Å². The first kappa shape index (κ1) is 13.8. The average Bonchev–Trinajstić information content (AvgIpc) is 2.34. The molecule has 0 saturated carbocycles. The molecule has 1 atom stereocenters. The monoisotopic (exact) mass is 279 g/mol. The smallest absolute Gasteiger partial charge is 0.146 e. The molecule has 0 saturated heterocycles. The lowest BCUT2D eigenvalue weighted by Gasteiger charge is -2.14. The second-order valence-electron chi connectivity index (χ2n) is 4.51. The SMILES string of the molecule is Cc1ccc(Oc2ccc(F)cc2C(C)N)c(Cl)c1. The Labute approximate surface area is 117 Å². The Morgan fingerprint density at radius 2 is 1.84 bits per heavy atom. The maximum Gasteiger partial charge on any atom is 0.146 e. The molecule has 19 heavy (non-hydrogen) atoms. The molecule has 2 aromatic carbocycles. The molecule has 0 amide bonds. The highest BCUT2D eigenvalue weighted by Gasteiger charge is 2.12. The van der Waals surface area contributed by atoms with Gasteiger partial charge in [-0.15, -0.1) is 0 Å². The van der Waals surface area contributed by atoms with Gasteiger partial charge in [-0.1, -0.05) is 17.7 Å². The van der Waals surface area contributed by atoms with Crippen LogP contribution in [0.3, 0.4) is 0 Å². The first-order valence-electron chi connectivity index (χ1n) is 5.96. The molecule has 0 aliphatic carbocycles. The summed E-state index contributed by atoms with van der Waals surface area (Å²) in [6, 6.07) is 9.44. The van der Waals surface area contributed by atoms with E-state index in [2.05, 4.69) is 0 Å². The Balaban J connectivity index is 2.38. The third-order valence-electron chi connectivity index (χ3n) is 2.77. The predicted octanol–water partition coefficient (Wildman–Crippen LogP) is 4.60. The first-order chi connectivity index (χ1) is 8.97. The molecule has 0 fully saturated rings. The highest BCUT2D eigenvalue weighted by molar-refractivity contribution is 6.32. The highest BCUT2D eigenvalue weighted by Crippen LogP contribution is 2.33. The van der Waals surface area contributed by atoms with Gasteiger partial charge >= 0.3 is 0 Å². The van der Waals surface area contributed by atoms with E-state index in [0.29, 0.717) is 22.1 Å². The van der Waals surface area contributed by atoms with Crippen LogP contribution in [0.15, 0.2) is 36.4 Å². The van der Waals surface area contributed by atoms with E-state index in [1.54, 1.807) is 19.1 Å². The third kappa shape index (κ3) is 3.25.